The summed E-state index contributed by atoms with van der Waals surface area (Å²) in [5, 5.41) is 2.73. The smallest absolute Gasteiger partial charge is 0.376 e. The zero-order valence-electron chi connectivity index (χ0n) is 12.9. The third-order valence-corrected chi connectivity index (χ3v) is 3.77. The summed E-state index contributed by atoms with van der Waals surface area (Å²) < 4.78 is 48.6. The lowest BCUT2D eigenvalue weighted by Gasteiger charge is -2.22. The van der Waals surface area contributed by atoms with Crippen LogP contribution in [0.3, 0.4) is 0 Å². The van der Waals surface area contributed by atoms with Crippen LogP contribution in [-0.2, 0) is 20.4 Å². The molecule has 128 valence electrons. The van der Waals surface area contributed by atoms with Crippen LogP contribution < -0.4 is 5.32 Å². The summed E-state index contributed by atoms with van der Waals surface area (Å²) in [5.74, 6) is -0.345. The average molecular weight is 331 g/mol. The van der Waals surface area contributed by atoms with Crippen molar-refractivity contribution >= 4 is 5.91 Å². The second-order valence-electron chi connectivity index (χ2n) is 5.54. The van der Waals surface area contributed by atoms with Crippen LogP contribution in [-0.4, -0.2) is 38.4 Å². The first kappa shape index (κ1) is 17.7. The van der Waals surface area contributed by atoms with Gasteiger partial charge in [0.05, 0.1) is 25.4 Å². The maximum atomic E-state index is 12.7. The summed E-state index contributed by atoms with van der Waals surface area (Å²) in [6.07, 6.45) is -4.41. The number of benzene rings is 1. The Balaban J connectivity index is 1.82. The second-order valence-corrected chi connectivity index (χ2v) is 5.54. The predicted octanol–water partition coefficient (Wildman–Crippen LogP) is 2.73. The van der Waals surface area contributed by atoms with Gasteiger partial charge < -0.3 is 14.8 Å². The van der Waals surface area contributed by atoms with Gasteiger partial charge in [0.2, 0.25) is 0 Å². The highest BCUT2D eigenvalue weighted by atomic mass is 19.4. The van der Waals surface area contributed by atoms with Crippen LogP contribution in [0.2, 0.25) is 0 Å². The van der Waals surface area contributed by atoms with Crippen molar-refractivity contribution in [2.24, 2.45) is 0 Å². The molecule has 0 radical (unpaired) electrons. The lowest BCUT2D eigenvalue weighted by molar-refractivity contribution is -0.147. The van der Waals surface area contributed by atoms with E-state index in [1.165, 1.54) is 6.07 Å². The summed E-state index contributed by atoms with van der Waals surface area (Å²) in [4.78, 5) is 11.8. The van der Waals surface area contributed by atoms with E-state index in [4.69, 9.17) is 9.47 Å². The van der Waals surface area contributed by atoms with Gasteiger partial charge >= 0.3 is 6.18 Å². The van der Waals surface area contributed by atoms with Crippen LogP contribution >= 0.6 is 0 Å². The maximum Gasteiger partial charge on any atom is 0.416 e. The van der Waals surface area contributed by atoms with Gasteiger partial charge in [-0.05, 0) is 24.0 Å². The summed E-state index contributed by atoms with van der Waals surface area (Å²) in [5.41, 5.74) is -0.0510. The minimum absolute atomic E-state index is 0.0962. The van der Waals surface area contributed by atoms with Gasteiger partial charge in [-0.15, -0.1) is 0 Å². The number of ether oxygens (including phenoxy) is 2. The van der Waals surface area contributed by atoms with E-state index in [-0.39, 0.29) is 18.4 Å². The van der Waals surface area contributed by atoms with Gasteiger partial charge in [0, 0.05) is 6.54 Å². The van der Waals surface area contributed by atoms with Gasteiger partial charge in [0.1, 0.15) is 0 Å². The molecule has 1 fully saturated rings. The first-order valence-electron chi connectivity index (χ1n) is 7.52. The van der Waals surface area contributed by atoms with E-state index in [2.05, 4.69) is 5.32 Å². The Hall–Kier alpha value is -1.60. The zero-order valence-corrected chi connectivity index (χ0v) is 12.9. The summed E-state index contributed by atoms with van der Waals surface area (Å²) >= 11 is 0. The van der Waals surface area contributed by atoms with Crippen molar-refractivity contribution in [1.29, 1.82) is 0 Å². The minimum Gasteiger partial charge on any atom is -0.376 e. The Morgan fingerprint density at radius 2 is 2.17 bits per heavy atom. The molecule has 0 spiro atoms. The molecule has 4 nitrogen and oxygen atoms in total. The van der Waals surface area contributed by atoms with E-state index in [9.17, 15) is 18.0 Å². The number of carbonyl (C=O) groups is 1. The molecule has 2 unspecified atom stereocenters. The fourth-order valence-electron chi connectivity index (χ4n) is 2.35. The van der Waals surface area contributed by atoms with E-state index < -0.39 is 17.8 Å². The monoisotopic (exact) mass is 331 g/mol. The van der Waals surface area contributed by atoms with Crippen molar-refractivity contribution in [2.45, 2.75) is 31.5 Å². The van der Waals surface area contributed by atoms with Gasteiger partial charge in [-0.2, -0.15) is 13.2 Å². The molecule has 1 saturated heterocycles. The Morgan fingerprint density at radius 3 is 2.83 bits per heavy atom. The molecule has 1 aromatic rings. The van der Waals surface area contributed by atoms with Crippen LogP contribution in [0.4, 0.5) is 13.2 Å². The highest BCUT2D eigenvalue weighted by Crippen LogP contribution is 2.31. The Morgan fingerprint density at radius 1 is 1.39 bits per heavy atom. The Labute approximate surface area is 133 Å². The molecule has 1 aromatic carbocycles. The molecule has 7 heteroatoms. The van der Waals surface area contributed by atoms with Crippen molar-refractivity contribution in [3.8, 4) is 0 Å². The van der Waals surface area contributed by atoms with Gasteiger partial charge in [0.15, 0.2) is 6.10 Å². The number of alkyl halides is 3. The minimum atomic E-state index is -4.34. The molecule has 2 rings (SSSR count). The standard InChI is InChI=1S/C16H20F3NO3/c1-11(12-3-2-4-13(9-12)16(17,18)19)5-6-20-15(21)14-10-22-7-8-23-14/h2-4,9,11,14H,5-8,10H2,1H3,(H,20,21). The van der Waals surface area contributed by atoms with Crippen LogP contribution in [0.1, 0.15) is 30.4 Å². The molecule has 1 aliphatic heterocycles. The maximum absolute atomic E-state index is 12.7. The van der Waals surface area contributed by atoms with Crippen molar-refractivity contribution < 1.29 is 27.4 Å². The molecule has 0 saturated carbocycles. The number of nitrogens with one attached hydrogen (secondary N) is 1. The Kier molecular flexibility index (Phi) is 6.01. The van der Waals surface area contributed by atoms with E-state index in [0.717, 1.165) is 12.1 Å². The molecule has 1 N–H and O–H groups in total. The number of hydrogen-bond acceptors (Lipinski definition) is 3. The zero-order chi connectivity index (χ0) is 16.9. The number of amides is 1. The van der Waals surface area contributed by atoms with Gasteiger partial charge in [-0.25, -0.2) is 0 Å². The molecule has 1 aliphatic rings. The molecule has 2 atom stereocenters. The Bertz CT molecular complexity index is 528. The molecular weight excluding hydrogens is 311 g/mol. The van der Waals surface area contributed by atoms with Crippen molar-refractivity contribution in [2.75, 3.05) is 26.4 Å². The number of rotatable bonds is 5. The third-order valence-electron chi connectivity index (χ3n) is 3.77. The lowest BCUT2D eigenvalue weighted by Crippen LogP contribution is -2.43. The molecule has 1 heterocycles. The van der Waals surface area contributed by atoms with Crippen molar-refractivity contribution in [3.63, 3.8) is 0 Å². The van der Waals surface area contributed by atoms with E-state index in [1.54, 1.807) is 6.07 Å². The number of hydrogen-bond donors (Lipinski definition) is 1. The molecular formula is C16H20F3NO3. The largest absolute Gasteiger partial charge is 0.416 e. The molecule has 1 amide bonds. The summed E-state index contributed by atoms with van der Waals surface area (Å²) in [6.45, 7) is 3.31. The van der Waals surface area contributed by atoms with Gasteiger partial charge in [0.25, 0.3) is 5.91 Å². The normalized spacial score (nSPS) is 20.1. The van der Waals surface area contributed by atoms with Crippen molar-refractivity contribution in [3.05, 3.63) is 35.4 Å². The van der Waals surface area contributed by atoms with Crippen molar-refractivity contribution in [1.82, 2.24) is 5.32 Å². The SMILES string of the molecule is CC(CCNC(=O)C1COCCO1)c1cccc(C(F)(F)F)c1. The number of carbonyl (C=O) groups excluding carboxylic acids is 1. The summed E-state index contributed by atoms with van der Waals surface area (Å²) in [6, 6.07) is 5.28. The quantitative estimate of drug-likeness (QED) is 0.902. The fraction of sp³-hybridized carbons (Fsp3) is 0.562. The van der Waals surface area contributed by atoms with E-state index in [1.807, 2.05) is 6.92 Å². The molecule has 23 heavy (non-hydrogen) atoms. The van der Waals surface area contributed by atoms with E-state index >= 15 is 0 Å². The molecule has 0 bridgehead atoms. The predicted molar refractivity (Wildman–Crippen MR) is 78.0 cm³/mol. The van der Waals surface area contributed by atoms with Crippen LogP contribution in [0.15, 0.2) is 24.3 Å². The first-order chi connectivity index (χ1) is 10.9. The summed E-state index contributed by atoms with van der Waals surface area (Å²) in [7, 11) is 0. The average Bonchev–Trinajstić information content (AvgIpc) is 2.54. The topological polar surface area (TPSA) is 47.6 Å². The highest BCUT2D eigenvalue weighted by Gasteiger charge is 2.30. The van der Waals surface area contributed by atoms with Gasteiger partial charge in [-0.3, -0.25) is 4.79 Å². The molecule has 0 aliphatic carbocycles. The molecule has 0 aromatic heterocycles. The first-order valence-corrected chi connectivity index (χ1v) is 7.52. The van der Waals surface area contributed by atoms with Crippen LogP contribution in [0.5, 0.6) is 0 Å². The van der Waals surface area contributed by atoms with Crippen LogP contribution in [0, 0.1) is 0 Å². The fourth-order valence-corrected chi connectivity index (χ4v) is 2.35. The van der Waals surface area contributed by atoms with Gasteiger partial charge in [-0.1, -0.05) is 25.1 Å². The lowest BCUT2D eigenvalue weighted by atomic mass is 9.96. The van der Waals surface area contributed by atoms with E-state index in [0.29, 0.717) is 31.7 Å². The second kappa shape index (κ2) is 7.79. The van der Waals surface area contributed by atoms with Crippen LogP contribution in [0.25, 0.3) is 0 Å². The third kappa shape index (κ3) is 5.21. The number of halogens is 3. The highest BCUT2D eigenvalue weighted by molar-refractivity contribution is 5.80.